The summed E-state index contributed by atoms with van der Waals surface area (Å²) in [5.41, 5.74) is 1.20. The molecule has 7 heteroatoms. The highest BCUT2D eigenvalue weighted by Gasteiger charge is 2.24. The predicted molar refractivity (Wildman–Crippen MR) is 102 cm³/mol. The zero-order valence-electron chi connectivity index (χ0n) is 14.7. The van der Waals surface area contributed by atoms with Gasteiger partial charge in [0, 0.05) is 16.2 Å². The van der Waals surface area contributed by atoms with E-state index in [2.05, 4.69) is 31.1 Å². The van der Waals surface area contributed by atoms with E-state index in [9.17, 15) is 13.6 Å². The number of aryl methyl sites for hydroxylation is 1. The van der Waals surface area contributed by atoms with Gasteiger partial charge in [-0.05, 0) is 31.9 Å². The fourth-order valence-electron chi connectivity index (χ4n) is 2.42. The van der Waals surface area contributed by atoms with Crippen molar-refractivity contribution < 1.29 is 13.6 Å². The van der Waals surface area contributed by atoms with Gasteiger partial charge in [0.1, 0.15) is 10.6 Å². The fraction of sp³-hybridized carbons (Fsp3) is 0.444. The number of hydrogen-bond donors (Lipinski definition) is 1. The molecular weight excluding hydrogens is 362 g/mol. The number of alkyl halides is 2. The molecular formula is C18H22F2N2OS2. The number of carbonyl (C=O) groups is 1. The summed E-state index contributed by atoms with van der Waals surface area (Å²) < 4.78 is 26.2. The highest BCUT2D eigenvalue weighted by atomic mass is 32.2. The van der Waals surface area contributed by atoms with Crippen LogP contribution in [0.5, 0.6) is 0 Å². The largest absolute Gasteiger partial charge is 0.321 e. The predicted octanol–water partition coefficient (Wildman–Crippen LogP) is 6.23. The summed E-state index contributed by atoms with van der Waals surface area (Å²) in [7, 11) is 0. The number of nitrogens with one attached hydrogen (secondary N) is 1. The minimum Gasteiger partial charge on any atom is -0.321 e. The lowest BCUT2D eigenvalue weighted by Crippen LogP contribution is -2.14. The lowest BCUT2D eigenvalue weighted by molar-refractivity contribution is 0.101. The topological polar surface area (TPSA) is 42.0 Å². The maximum Gasteiger partial charge on any atom is 0.282 e. The van der Waals surface area contributed by atoms with E-state index >= 15 is 0 Å². The van der Waals surface area contributed by atoms with Crippen LogP contribution >= 0.6 is 23.1 Å². The Morgan fingerprint density at radius 3 is 2.64 bits per heavy atom. The summed E-state index contributed by atoms with van der Waals surface area (Å²) >= 11 is 2.81. The molecule has 25 heavy (non-hydrogen) atoms. The second kappa shape index (κ2) is 8.76. The molecule has 1 aromatic heterocycles. The number of hydrogen-bond acceptors (Lipinski definition) is 4. The lowest BCUT2D eigenvalue weighted by atomic mass is 10.1. The van der Waals surface area contributed by atoms with Gasteiger partial charge < -0.3 is 5.32 Å². The van der Waals surface area contributed by atoms with E-state index in [1.807, 2.05) is 30.0 Å². The summed E-state index contributed by atoms with van der Waals surface area (Å²) in [6.07, 6.45) is -1.71. The van der Waals surface area contributed by atoms with E-state index < -0.39 is 18.0 Å². The second-order valence-corrected chi connectivity index (χ2v) is 8.77. The van der Waals surface area contributed by atoms with Crippen LogP contribution in [0.3, 0.4) is 0 Å². The van der Waals surface area contributed by atoms with Crippen LogP contribution in [-0.4, -0.2) is 16.1 Å². The summed E-state index contributed by atoms with van der Waals surface area (Å²) in [6.45, 7) is 8.00. The maximum atomic E-state index is 13.1. The van der Waals surface area contributed by atoms with E-state index in [0.29, 0.717) is 15.9 Å². The van der Waals surface area contributed by atoms with E-state index in [4.69, 9.17) is 0 Å². The zero-order chi connectivity index (χ0) is 18.6. The molecule has 2 aromatic rings. The molecule has 136 valence electrons. The van der Waals surface area contributed by atoms with Gasteiger partial charge in [0.05, 0.1) is 5.01 Å². The number of aromatic nitrogens is 1. The molecule has 0 saturated heterocycles. The molecule has 1 aromatic carbocycles. The molecule has 0 fully saturated rings. The molecule has 2 unspecified atom stereocenters. The van der Waals surface area contributed by atoms with E-state index in [1.54, 1.807) is 13.0 Å². The van der Waals surface area contributed by atoms with Gasteiger partial charge in [0.15, 0.2) is 0 Å². The Bertz CT molecular complexity index is 734. The van der Waals surface area contributed by atoms with E-state index in [0.717, 1.165) is 23.3 Å². The van der Waals surface area contributed by atoms with Crippen molar-refractivity contribution in [3.05, 3.63) is 45.4 Å². The Balaban J connectivity index is 2.25. The third kappa shape index (κ3) is 5.01. The molecule has 1 amide bonds. The molecule has 0 aliphatic rings. The Hall–Kier alpha value is -1.47. The zero-order valence-corrected chi connectivity index (χ0v) is 16.3. The third-order valence-electron chi connectivity index (χ3n) is 3.83. The highest BCUT2D eigenvalue weighted by Crippen LogP contribution is 2.37. The molecule has 0 aliphatic carbocycles. The van der Waals surface area contributed by atoms with Crippen molar-refractivity contribution in [3.63, 3.8) is 0 Å². The molecule has 1 N–H and O–H groups in total. The molecule has 0 aliphatic heterocycles. The van der Waals surface area contributed by atoms with Crippen molar-refractivity contribution in [1.82, 2.24) is 4.98 Å². The van der Waals surface area contributed by atoms with Crippen LogP contribution < -0.4 is 5.32 Å². The first-order chi connectivity index (χ1) is 11.8. The van der Waals surface area contributed by atoms with Crippen molar-refractivity contribution in [1.29, 1.82) is 0 Å². The molecule has 2 rings (SSSR count). The number of rotatable bonds is 7. The van der Waals surface area contributed by atoms with Crippen molar-refractivity contribution in [2.75, 3.05) is 5.32 Å². The van der Waals surface area contributed by atoms with Gasteiger partial charge in [-0.1, -0.05) is 32.0 Å². The Kier molecular flexibility index (Phi) is 6.95. The average molecular weight is 385 g/mol. The Labute approximate surface area is 155 Å². The first-order valence-corrected chi connectivity index (χ1v) is 9.90. The second-order valence-electron chi connectivity index (χ2n) is 5.79. The molecule has 2 atom stereocenters. The normalized spacial score (nSPS) is 13.7. The standard InChI is InChI=1S/C18H22F2N2OS2/c1-5-10(2)24-11(3)13-8-6-7-9-14(13)22-18(23)16-15(17(19)20)21-12(4)25-16/h6-11,17H,5H2,1-4H3,(H,22,23). The van der Waals surface area contributed by atoms with Gasteiger partial charge >= 0.3 is 0 Å². The van der Waals surface area contributed by atoms with Crippen molar-refractivity contribution in [2.24, 2.45) is 0 Å². The van der Waals surface area contributed by atoms with Crippen LogP contribution in [0.15, 0.2) is 24.3 Å². The number of thiazole rings is 1. The number of thioether (sulfide) groups is 1. The Morgan fingerprint density at radius 2 is 2.00 bits per heavy atom. The number of para-hydroxylation sites is 1. The first-order valence-electron chi connectivity index (χ1n) is 8.14. The summed E-state index contributed by atoms with van der Waals surface area (Å²) in [5, 5.41) is 3.92. The molecule has 0 saturated carbocycles. The van der Waals surface area contributed by atoms with Gasteiger partial charge in [0.25, 0.3) is 12.3 Å². The average Bonchev–Trinajstić information content (AvgIpc) is 2.97. The number of benzene rings is 1. The van der Waals surface area contributed by atoms with Gasteiger partial charge in [-0.2, -0.15) is 11.8 Å². The molecule has 3 nitrogen and oxygen atoms in total. The number of nitrogens with zero attached hydrogens (tertiary/aromatic N) is 1. The SMILES string of the molecule is CCC(C)SC(C)c1ccccc1NC(=O)c1sc(C)nc1C(F)F. The van der Waals surface area contributed by atoms with Gasteiger partial charge in [-0.15, -0.1) is 11.3 Å². The lowest BCUT2D eigenvalue weighted by Gasteiger charge is -2.19. The van der Waals surface area contributed by atoms with E-state index in [-0.39, 0.29) is 10.1 Å². The quantitative estimate of drug-likeness (QED) is 0.615. The highest BCUT2D eigenvalue weighted by molar-refractivity contribution is 8.00. The van der Waals surface area contributed by atoms with Gasteiger partial charge in [-0.3, -0.25) is 4.79 Å². The molecule has 0 spiro atoms. The van der Waals surface area contributed by atoms with Crippen molar-refractivity contribution in [2.45, 2.75) is 51.0 Å². The first kappa shape index (κ1) is 19.8. The Morgan fingerprint density at radius 1 is 1.32 bits per heavy atom. The van der Waals surface area contributed by atoms with E-state index in [1.165, 1.54) is 0 Å². The summed E-state index contributed by atoms with van der Waals surface area (Å²) in [5.74, 6) is -0.533. The van der Waals surface area contributed by atoms with Crippen LogP contribution in [0.2, 0.25) is 0 Å². The summed E-state index contributed by atoms with van der Waals surface area (Å²) in [6, 6.07) is 7.50. The van der Waals surface area contributed by atoms with Gasteiger partial charge in [-0.25, -0.2) is 13.8 Å². The number of halogens is 2. The molecule has 0 bridgehead atoms. The monoisotopic (exact) mass is 384 g/mol. The van der Waals surface area contributed by atoms with Crippen LogP contribution in [0, 0.1) is 6.92 Å². The van der Waals surface area contributed by atoms with Gasteiger partial charge in [0.2, 0.25) is 0 Å². The van der Waals surface area contributed by atoms with Crippen molar-refractivity contribution >= 4 is 34.7 Å². The number of anilines is 1. The van der Waals surface area contributed by atoms with Crippen LogP contribution in [0.25, 0.3) is 0 Å². The summed E-state index contributed by atoms with van der Waals surface area (Å²) in [4.78, 5) is 16.3. The number of amides is 1. The van der Waals surface area contributed by atoms with Crippen molar-refractivity contribution in [3.8, 4) is 0 Å². The minimum absolute atomic E-state index is 0.0236. The molecule has 1 heterocycles. The molecule has 0 radical (unpaired) electrons. The minimum atomic E-state index is -2.76. The third-order valence-corrected chi connectivity index (χ3v) is 6.28. The fourth-order valence-corrected chi connectivity index (χ4v) is 4.48. The van der Waals surface area contributed by atoms with Crippen LogP contribution in [-0.2, 0) is 0 Å². The van der Waals surface area contributed by atoms with Crippen LogP contribution in [0.1, 0.15) is 64.8 Å². The van der Waals surface area contributed by atoms with Crippen LogP contribution in [0.4, 0.5) is 14.5 Å². The smallest absolute Gasteiger partial charge is 0.282 e. The number of carbonyl (C=O) groups excluding carboxylic acids is 1. The maximum absolute atomic E-state index is 13.1.